The summed E-state index contributed by atoms with van der Waals surface area (Å²) in [4.78, 5) is 25.3. The summed E-state index contributed by atoms with van der Waals surface area (Å²) in [6, 6.07) is 0. The third-order valence-corrected chi connectivity index (χ3v) is 12.3. The molecule has 0 spiro atoms. The maximum Gasteiger partial charge on any atom is 0.186 e. The normalized spacial score (nSPS) is 55.6. The first-order valence-electron chi connectivity index (χ1n) is 12.9. The molecule has 0 aromatic rings. The Morgan fingerprint density at radius 2 is 1.44 bits per heavy atom. The van der Waals surface area contributed by atoms with Gasteiger partial charge in [-0.1, -0.05) is 40.2 Å². The van der Waals surface area contributed by atoms with Crippen LogP contribution in [0.5, 0.6) is 0 Å². The van der Waals surface area contributed by atoms with Crippen molar-refractivity contribution in [3.8, 4) is 0 Å². The zero-order valence-corrected chi connectivity index (χ0v) is 20.8. The summed E-state index contributed by atoms with van der Waals surface area (Å²) >= 11 is 0. The molecule has 178 valence electrons. The molecular formula is C28H42O4. The minimum absolute atomic E-state index is 0.0420. The van der Waals surface area contributed by atoms with Crippen molar-refractivity contribution in [1.82, 2.24) is 0 Å². The predicted octanol–water partition coefficient (Wildman–Crippen LogP) is 4.86. The molecule has 0 aliphatic heterocycles. The van der Waals surface area contributed by atoms with Crippen LogP contribution in [-0.2, 0) is 9.59 Å². The SMILES string of the molecule is CC1=C2CC[C@H]3[C@@](C)(CC[C@@]4(C)[C@@H]5CC(C)C(=O)C(O)[C@]5(C)CC[C@]34C)[C@@H]2CC(O)C1=O. The zero-order valence-electron chi connectivity index (χ0n) is 20.8. The fraction of sp³-hybridized carbons (Fsp3) is 0.857. The van der Waals surface area contributed by atoms with Gasteiger partial charge in [0.1, 0.15) is 12.2 Å². The maximum absolute atomic E-state index is 12.7. The third kappa shape index (κ3) is 2.52. The van der Waals surface area contributed by atoms with E-state index in [0.717, 1.165) is 50.5 Å². The molecule has 3 unspecified atom stereocenters. The van der Waals surface area contributed by atoms with E-state index >= 15 is 0 Å². The average Bonchev–Trinajstić information content (AvgIpc) is 2.75. The number of fused-ring (bicyclic) bond motifs is 7. The largest absolute Gasteiger partial charge is 0.385 e. The van der Waals surface area contributed by atoms with Gasteiger partial charge >= 0.3 is 0 Å². The summed E-state index contributed by atoms with van der Waals surface area (Å²) in [5.41, 5.74) is 2.13. The van der Waals surface area contributed by atoms with Crippen molar-refractivity contribution in [3.63, 3.8) is 0 Å². The molecule has 4 heteroatoms. The summed E-state index contributed by atoms with van der Waals surface area (Å²) in [6.07, 6.45) is 6.00. The van der Waals surface area contributed by atoms with Crippen LogP contribution in [0.2, 0.25) is 0 Å². The monoisotopic (exact) mass is 442 g/mol. The Morgan fingerprint density at radius 3 is 2.09 bits per heavy atom. The standard InChI is InChI=1S/C28H42O4/c1-15-13-21-26(4,24(32)22(15)30)10-12-27(5)20-8-7-17-16(2)23(31)19(29)14-18(17)25(20,3)9-11-28(21,27)6/h15,18-21,24,29,32H,7-14H2,1-6H3/t15?,18-,19?,20+,21-,24?,25+,26-,27-,28+/m1/s1. The van der Waals surface area contributed by atoms with E-state index in [0.29, 0.717) is 24.2 Å². The molecular weight excluding hydrogens is 400 g/mol. The Kier molecular flexibility index (Phi) is 4.83. The highest BCUT2D eigenvalue weighted by atomic mass is 16.3. The lowest BCUT2D eigenvalue weighted by Crippen LogP contribution is -2.68. The number of carbonyl (C=O) groups is 2. The van der Waals surface area contributed by atoms with Crippen LogP contribution in [0.25, 0.3) is 0 Å². The molecule has 4 fully saturated rings. The Hall–Kier alpha value is -1.00. The number of rotatable bonds is 0. The Bertz CT molecular complexity index is 905. The first kappa shape index (κ1) is 22.8. The molecule has 4 nitrogen and oxygen atoms in total. The lowest BCUT2D eigenvalue weighted by atomic mass is 9.32. The number of allylic oxidation sites excluding steroid dienone is 1. The Morgan fingerprint density at radius 1 is 0.844 bits per heavy atom. The quantitative estimate of drug-likeness (QED) is 0.562. The molecule has 32 heavy (non-hydrogen) atoms. The van der Waals surface area contributed by atoms with Crippen molar-refractivity contribution in [3.05, 3.63) is 11.1 Å². The van der Waals surface area contributed by atoms with Crippen molar-refractivity contribution in [1.29, 1.82) is 0 Å². The summed E-state index contributed by atoms with van der Waals surface area (Å²) in [5.74, 6) is 1.08. The molecule has 0 heterocycles. The Balaban J connectivity index is 1.57. The first-order chi connectivity index (χ1) is 14.8. The predicted molar refractivity (Wildman–Crippen MR) is 124 cm³/mol. The van der Waals surface area contributed by atoms with Crippen molar-refractivity contribution in [2.24, 2.45) is 45.3 Å². The second-order valence-corrected chi connectivity index (χ2v) is 13.3. The van der Waals surface area contributed by atoms with Crippen molar-refractivity contribution < 1.29 is 19.8 Å². The first-order valence-corrected chi connectivity index (χ1v) is 12.9. The summed E-state index contributed by atoms with van der Waals surface area (Å²) in [6.45, 7) is 13.5. The van der Waals surface area contributed by atoms with Crippen LogP contribution < -0.4 is 0 Å². The number of carbonyl (C=O) groups excluding carboxylic acids is 2. The average molecular weight is 443 g/mol. The van der Waals surface area contributed by atoms with Crippen molar-refractivity contribution in [2.45, 2.75) is 105 Å². The van der Waals surface area contributed by atoms with Gasteiger partial charge in [0.05, 0.1) is 0 Å². The molecule has 5 rings (SSSR count). The van der Waals surface area contributed by atoms with Crippen LogP contribution in [-0.4, -0.2) is 34.0 Å². The van der Waals surface area contributed by atoms with E-state index in [-0.39, 0.29) is 39.1 Å². The highest BCUT2D eigenvalue weighted by molar-refractivity contribution is 6.00. The van der Waals surface area contributed by atoms with E-state index in [9.17, 15) is 19.8 Å². The molecule has 0 radical (unpaired) electrons. The van der Waals surface area contributed by atoms with Crippen LogP contribution in [0.3, 0.4) is 0 Å². The van der Waals surface area contributed by atoms with Crippen LogP contribution in [0.15, 0.2) is 11.1 Å². The van der Waals surface area contributed by atoms with E-state index in [1.807, 2.05) is 13.8 Å². The van der Waals surface area contributed by atoms with E-state index in [1.54, 1.807) is 0 Å². The van der Waals surface area contributed by atoms with Gasteiger partial charge in [-0.3, -0.25) is 9.59 Å². The molecule has 0 aromatic carbocycles. The van der Waals surface area contributed by atoms with Gasteiger partial charge in [0.15, 0.2) is 11.6 Å². The number of aliphatic hydroxyl groups is 2. The second kappa shape index (κ2) is 6.78. The minimum atomic E-state index is -0.851. The van der Waals surface area contributed by atoms with Gasteiger partial charge in [-0.2, -0.15) is 0 Å². The number of aliphatic hydroxyl groups excluding tert-OH is 2. The molecule has 0 bridgehead atoms. The summed E-state index contributed by atoms with van der Waals surface area (Å²) in [7, 11) is 0. The zero-order chi connectivity index (χ0) is 23.4. The van der Waals surface area contributed by atoms with Crippen molar-refractivity contribution in [2.75, 3.05) is 0 Å². The van der Waals surface area contributed by atoms with Gasteiger partial charge < -0.3 is 10.2 Å². The molecule has 5 aliphatic carbocycles. The lowest BCUT2D eigenvalue weighted by molar-refractivity contribution is -0.242. The number of hydrogen-bond acceptors (Lipinski definition) is 4. The van der Waals surface area contributed by atoms with E-state index in [1.165, 1.54) is 5.57 Å². The van der Waals surface area contributed by atoms with Crippen molar-refractivity contribution >= 4 is 11.6 Å². The molecule has 0 saturated heterocycles. The van der Waals surface area contributed by atoms with Gasteiger partial charge in [0.2, 0.25) is 0 Å². The second-order valence-electron chi connectivity index (χ2n) is 13.3. The fourth-order valence-electron chi connectivity index (χ4n) is 10.0. The van der Waals surface area contributed by atoms with E-state index in [2.05, 4.69) is 27.7 Å². The lowest BCUT2D eigenvalue weighted by Gasteiger charge is -2.73. The summed E-state index contributed by atoms with van der Waals surface area (Å²) < 4.78 is 0. The van der Waals surface area contributed by atoms with Gasteiger partial charge in [-0.25, -0.2) is 0 Å². The topological polar surface area (TPSA) is 74.6 Å². The van der Waals surface area contributed by atoms with E-state index < -0.39 is 12.2 Å². The minimum Gasteiger partial charge on any atom is -0.385 e. The number of ketones is 2. The highest BCUT2D eigenvalue weighted by Gasteiger charge is 2.70. The smallest absolute Gasteiger partial charge is 0.186 e. The number of hydrogen-bond donors (Lipinski definition) is 2. The van der Waals surface area contributed by atoms with Gasteiger partial charge in [-0.05, 0) is 97.9 Å². The van der Waals surface area contributed by atoms with Gasteiger partial charge in [0, 0.05) is 11.3 Å². The highest BCUT2D eigenvalue weighted by Crippen LogP contribution is 2.76. The van der Waals surface area contributed by atoms with Crippen LogP contribution in [0.4, 0.5) is 0 Å². The van der Waals surface area contributed by atoms with Crippen LogP contribution >= 0.6 is 0 Å². The number of Topliss-reactive ketones (excluding diaryl/α,β-unsaturated/α-hetero) is 2. The molecule has 0 amide bonds. The fourth-order valence-corrected chi connectivity index (χ4v) is 10.0. The van der Waals surface area contributed by atoms with Gasteiger partial charge in [0.25, 0.3) is 0 Å². The van der Waals surface area contributed by atoms with E-state index in [4.69, 9.17) is 0 Å². The molecule has 0 aromatic heterocycles. The third-order valence-electron chi connectivity index (χ3n) is 12.3. The van der Waals surface area contributed by atoms with Crippen LogP contribution in [0.1, 0.15) is 92.9 Å². The molecule has 10 atom stereocenters. The summed E-state index contributed by atoms with van der Waals surface area (Å²) in [5, 5.41) is 21.7. The van der Waals surface area contributed by atoms with Crippen LogP contribution in [0, 0.1) is 45.3 Å². The molecule has 5 aliphatic rings. The van der Waals surface area contributed by atoms with Gasteiger partial charge in [-0.15, -0.1) is 0 Å². The Labute approximate surface area is 193 Å². The molecule has 4 saturated carbocycles. The maximum atomic E-state index is 12.7. The molecule has 2 N–H and O–H groups in total.